The number of amides is 1. The average Bonchev–Trinajstić information content (AvgIpc) is 2.73. The van der Waals surface area contributed by atoms with Crippen molar-refractivity contribution in [3.05, 3.63) is 27.9 Å². The zero-order valence-electron chi connectivity index (χ0n) is 12.6. The molecular formula is C15H17BrN2O3S. The molecule has 1 aromatic carbocycles. The van der Waals surface area contributed by atoms with Gasteiger partial charge < -0.3 is 14.8 Å². The van der Waals surface area contributed by atoms with Crippen molar-refractivity contribution in [2.75, 3.05) is 20.3 Å². The first kappa shape index (κ1) is 16.8. The van der Waals surface area contributed by atoms with Crippen molar-refractivity contribution in [3.8, 4) is 11.5 Å². The third-order valence-corrected chi connectivity index (χ3v) is 4.04. The largest absolute Gasteiger partial charge is 0.492 e. The first-order valence-electron chi connectivity index (χ1n) is 6.86. The summed E-state index contributed by atoms with van der Waals surface area (Å²) in [5.41, 5.74) is 1.26. The van der Waals surface area contributed by atoms with E-state index in [-0.39, 0.29) is 5.91 Å². The van der Waals surface area contributed by atoms with Crippen molar-refractivity contribution in [1.29, 1.82) is 0 Å². The van der Waals surface area contributed by atoms with E-state index in [2.05, 4.69) is 21.2 Å². The quantitative estimate of drug-likeness (QED) is 0.624. The van der Waals surface area contributed by atoms with E-state index in [0.29, 0.717) is 35.5 Å². The second-order valence-corrected chi connectivity index (χ2v) is 5.75. The van der Waals surface area contributed by atoms with Crippen LogP contribution in [0.1, 0.15) is 19.4 Å². The maximum absolute atomic E-state index is 12.2. The number of nitrogens with one attached hydrogen (secondary N) is 1. The fraction of sp³-hybridized carbons (Fsp3) is 0.333. The van der Waals surface area contributed by atoms with Crippen LogP contribution >= 0.6 is 28.1 Å². The third-order valence-electron chi connectivity index (χ3n) is 3.13. The van der Waals surface area contributed by atoms with Crippen LogP contribution < -0.4 is 14.8 Å². The van der Waals surface area contributed by atoms with Gasteiger partial charge in [-0.25, -0.2) is 0 Å². The van der Waals surface area contributed by atoms with Gasteiger partial charge in [0.2, 0.25) is 0 Å². The van der Waals surface area contributed by atoms with Crippen LogP contribution in [0.5, 0.6) is 11.5 Å². The van der Waals surface area contributed by atoms with E-state index in [0.717, 1.165) is 10.0 Å². The number of thiocarbonyl (C=S) groups is 1. The predicted octanol–water partition coefficient (Wildman–Crippen LogP) is 2.93. The molecule has 0 atom stereocenters. The maximum atomic E-state index is 12.2. The van der Waals surface area contributed by atoms with Crippen molar-refractivity contribution in [3.63, 3.8) is 0 Å². The zero-order valence-corrected chi connectivity index (χ0v) is 15.0. The van der Waals surface area contributed by atoms with Crippen molar-refractivity contribution in [2.24, 2.45) is 0 Å². The van der Waals surface area contributed by atoms with Gasteiger partial charge in [-0.05, 0) is 65.8 Å². The van der Waals surface area contributed by atoms with Gasteiger partial charge in [-0.1, -0.05) is 0 Å². The molecule has 7 heteroatoms. The number of halogens is 1. The molecule has 0 radical (unpaired) electrons. The van der Waals surface area contributed by atoms with Gasteiger partial charge >= 0.3 is 0 Å². The Hall–Kier alpha value is -1.60. The second-order valence-electron chi connectivity index (χ2n) is 4.50. The van der Waals surface area contributed by atoms with Gasteiger partial charge in [0, 0.05) is 6.54 Å². The number of likely N-dealkylation sites (N-methyl/N-ethyl adjacent to an activating group) is 1. The van der Waals surface area contributed by atoms with E-state index in [1.807, 2.05) is 26.0 Å². The molecule has 2 rings (SSSR count). The summed E-state index contributed by atoms with van der Waals surface area (Å²) < 4.78 is 11.7. The number of ether oxygens (including phenoxy) is 2. The summed E-state index contributed by atoms with van der Waals surface area (Å²) in [5.74, 6) is 1.12. The van der Waals surface area contributed by atoms with Crippen molar-refractivity contribution in [2.45, 2.75) is 13.8 Å². The minimum absolute atomic E-state index is 0.127. The molecule has 0 saturated carbocycles. The number of carbonyl (C=O) groups excluding carboxylic acids is 1. The van der Waals surface area contributed by atoms with Crippen LogP contribution in [0.25, 0.3) is 6.08 Å². The lowest BCUT2D eigenvalue weighted by Gasteiger charge is -2.12. The number of rotatable bonds is 5. The Morgan fingerprint density at radius 3 is 2.68 bits per heavy atom. The lowest BCUT2D eigenvalue weighted by molar-refractivity contribution is -0.122. The highest BCUT2D eigenvalue weighted by molar-refractivity contribution is 9.10. The van der Waals surface area contributed by atoms with Gasteiger partial charge in [0.05, 0.1) is 18.2 Å². The standard InChI is InChI=1S/C15H17BrN2O3S/c1-4-18-14(19)11(17-15(18)22)7-9-6-10(16)13(20-3)12(8-9)21-5-2/h6-8H,4-5H2,1-3H3,(H,17,22)/b11-7-. The number of hydrogen-bond acceptors (Lipinski definition) is 4. The summed E-state index contributed by atoms with van der Waals surface area (Å²) in [7, 11) is 1.58. The second kappa shape index (κ2) is 7.11. The molecule has 1 heterocycles. The molecule has 1 aliphatic heterocycles. The highest BCUT2D eigenvalue weighted by atomic mass is 79.9. The minimum atomic E-state index is -0.127. The molecule has 1 fully saturated rings. The lowest BCUT2D eigenvalue weighted by atomic mass is 10.1. The van der Waals surface area contributed by atoms with Gasteiger partial charge in [0.15, 0.2) is 16.6 Å². The summed E-state index contributed by atoms with van der Waals surface area (Å²) in [5, 5.41) is 3.36. The number of hydrogen-bond donors (Lipinski definition) is 1. The third kappa shape index (κ3) is 3.25. The molecule has 22 heavy (non-hydrogen) atoms. The van der Waals surface area contributed by atoms with E-state index < -0.39 is 0 Å². The maximum Gasteiger partial charge on any atom is 0.276 e. The molecule has 118 valence electrons. The first-order valence-corrected chi connectivity index (χ1v) is 8.06. The predicted molar refractivity (Wildman–Crippen MR) is 93.0 cm³/mol. The smallest absolute Gasteiger partial charge is 0.276 e. The van der Waals surface area contributed by atoms with Gasteiger partial charge in [0.25, 0.3) is 5.91 Å². The monoisotopic (exact) mass is 384 g/mol. The summed E-state index contributed by atoms with van der Waals surface area (Å²) in [6.45, 7) is 4.84. The van der Waals surface area contributed by atoms with Crippen LogP contribution in [0.3, 0.4) is 0 Å². The van der Waals surface area contributed by atoms with Crippen LogP contribution in [0, 0.1) is 0 Å². The summed E-state index contributed by atoms with van der Waals surface area (Å²) in [6.07, 6.45) is 1.75. The lowest BCUT2D eigenvalue weighted by Crippen LogP contribution is -2.30. The Morgan fingerprint density at radius 2 is 2.14 bits per heavy atom. The Bertz CT molecular complexity index is 646. The SMILES string of the molecule is CCOc1cc(/C=C2\NC(=S)N(CC)C2=O)cc(Br)c1OC. The molecule has 1 amide bonds. The Morgan fingerprint density at radius 1 is 1.41 bits per heavy atom. The van der Waals surface area contributed by atoms with Crippen LogP contribution in [0.2, 0.25) is 0 Å². The molecule has 5 nitrogen and oxygen atoms in total. The number of carbonyl (C=O) groups is 1. The number of methoxy groups -OCH3 is 1. The van der Waals surface area contributed by atoms with Crippen LogP contribution in [-0.2, 0) is 4.79 Å². The summed E-state index contributed by atoms with van der Waals surface area (Å²) >= 11 is 8.60. The van der Waals surface area contributed by atoms with E-state index in [1.165, 1.54) is 4.90 Å². The van der Waals surface area contributed by atoms with Gasteiger partial charge in [0.1, 0.15) is 5.70 Å². The van der Waals surface area contributed by atoms with Gasteiger partial charge in [-0.3, -0.25) is 9.69 Å². The van der Waals surface area contributed by atoms with Crippen molar-refractivity contribution in [1.82, 2.24) is 10.2 Å². The summed E-state index contributed by atoms with van der Waals surface area (Å²) in [6, 6.07) is 3.69. The molecule has 1 aromatic rings. The fourth-order valence-corrected chi connectivity index (χ4v) is 3.10. The van der Waals surface area contributed by atoms with Crippen LogP contribution in [0.4, 0.5) is 0 Å². The Labute approximate surface area is 143 Å². The molecule has 1 aliphatic rings. The molecule has 1 saturated heterocycles. The van der Waals surface area contributed by atoms with Gasteiger partial charge in [-0.15, -0.1) is 0 Å². The van der Waals surface area contributed by atoms with Crippen molar-refractivity contribution >= 4 is 45.2 Å². The molecular weight excluding hydrogens is 368 g/mol. The minimum Gasteiger partial charge on any atom is -0.492 e. The Kier molecular flexibility index (Phi) is 5.42. The van der Waals surface area contributed by atoms with E-state index in [1.54, 1.807) is 13.2 Å². The van der Waals surface area contributed by atoms with Crippen LogP contribution in [0.15, 0.2) is 22.3 Å². The molecule has 0 aromatic heterocycles. The molecule has 0 spiro atoms. The highest BCUT2D eigenvalue weighted by Gasteiger charge is 2.29. The van der Waals surface area contributed by atoms with Crippen LogP contribution in [-0.4, -0.2) is 36.2 Å². The fourth-order valence-electron chi connectivity index (χ4n) is 2.16. The normalized spacial score (nSPS) is 16.2. The molecule has 0 bridgehead atoms. The highest BCUT2D eigenvalue weighted by Crippen LogP contribution is 2.37. The first-order chi connectivity index (χ1) is 10.5. The van der Waals surface area contributed by atoms with E-state index >= 15 is 0 Å². The van der Waals surface area contributed by atoms with Crippen molar-refractivity contribution < 1.29 is 14.3 Å². The zero-order chi connectivity index (χ0) is 16.3. The van der Waals surface area contributed by atoms with E-state index in [4.69, 9.17) is 21.7 Å². The van der Waals surface area contributed by atoms with Gasteiger partial charge in [-0.2, -0.15) is 0 Å². The number of nitrogens with zero attached hydrogens (tertiary/aromatic N) is 1. The molecule has 0 aliphatic carbocycles. The summed E-state index contributed by atoms with van der Waals surface area (Å²) in [4.78, 5) is 13.7. The Balaban J connectivity index is 2.40. The van der Waals surface area contributed by atoms with E-state index in [9.17, 15) is 4.79 Å². The topological polar surface area (TPSA) is 50.8 Å². The molecule has 1 N–H and O–H groups in total. The molecule has 0 unspecified atom stereocenters. The average molecular weight is 385 g/mol. The number of benzene rings is 1.